The van der Waals surface area contributed by atoms with Crippen LogP contribution < -0.4 is 4.74 Å². The first-order valence-corrected chi connectivity index (χ1v) is 5.76. The van der Waals surface area contributed by atoms with Crippen LogP contribution in [0.2, 0.25) is 0 Å². The summed E-state index contributed by atoms with van der Waals surface area (Å²) in [6, 6.07) is 6.09. The van der Waals surface area contributed by atoms with Gasteiger partial charge in [-0.3, -0.25) is 0 Å². The van der Waals surface area contributed by atoms with Gasteiger partial charge >= 0.3 is 0 Å². The van der Waals surface area contributed by atoms with Crippen LogP contribution in [0.15, 0.2) is 18.2 Å². The van der Waals surface area contributed by atoms with Crippen LogP contribution in [0.25, 0.3) is 0 Å². The van der Waals surface area contributed by atoms with Gasteiger partial charge in [-0.05, 0) is 30.7 Å². The molecule has 1 aliphatic rings. The molecule has 0 aliphatic heterocycles. The molecule has 0 aromatic heterocycles. The van der Waals surface area contributed by atoms with Gasteiger partial charge in [0.2, 0.25) is 0 Å². The van der Waals surface area contributed by atoms with E-state index in [1.807, 2.05) is 0 Å². The van der Waals surface area contributed by atoms with Crippen molar-refractivity contribution in [1.82, 2.24) is 0 Å². The maximum atomic E-state index is 13.3. The summed E-state index contributed by atoms with van der Waals surface area (Å²) in [5.41, 5.74) is 0.232. The minimum atomic E-state index is -0.532. The Balaban J connectivity index is 2.00. The predicted molar refractivity (Wildman–Crippen MR) is 62.1 cm³/mol. The van der Waals surface area contributed by atoms with Gasteiger partial charge in [0.25, 0.3) is 0 Å². The van der Waals surface area contributed by atoms with Crippen molar-refractivity contribution >= 4 is 12.6 Å². The number of halogens is 1. The molecule has 0 spiro atoms. The molecular formula is C12H12FNOS. The van der Waals surface area contributed by atoms with Crippen LogP contribution in [0.3, 0.4) is 0 Å². The van der Waals surface area contributed by atoms with Crippen LogP contribution in [0, 0.1) is 22.6 Å². The molecule has 0 N–H and O–H groups in total. The van der Waals surface area contributed by atoms with Gasteiger partial charge in [-0.15, -0.1) is 0 Å². The lowest BCUT2D eigenvalue weighted by molar-refractivity contribution is 0.249. The molecule has 0 amide bonds. The zero-order valence-electron chi connectivity index (χ0n) is 8.74. The first-order valence-electron chi connectivity index (χ1n) is 5.12. The van der Waals surface area contributed by atoms with E-state index < -0.39 is 5.82 Å². The molecule has 1 aliphatic carbocycles. The van der Waals surface area contributed by atoms with Gasteiger partial charge in [0.05, 0.1) is 12.2 Å². The van der Waals surface area contributed by atoms with Crippen LogP contribution in [-0.4, -0.2) is 12.4 Å². The molecule has 0 unspecified atom stereocenters. The van der Waals surface area contributed by atoms with E-state index in [0.717, 1.165) is 18.6 Å². The molecule has 1 saturated carbocycles. The van der Waals surface area contributed by atoms with Crippen LogP contribution in [-0.2, 0) is 0 Å². The molecule has 4 heteroatoms. The Labute approximate surface area is 99.4 Å². The molecule has 0 radical (unpaired) electrons. The first kappa shape index (κ1) is 11.3. The fourth-order valence-corrected chi connectivity index (χ4v) is 1.85. The molecule has 1 fully saturated rings. The number of ether oxygens (including phenoxy) is 1. The fraction of sp³-hybridized carbons (Fsp3) is 0.417. The first-order chi connectivity index (χ1) is 7.69. The maximum absolute atomic E-state index is 13.3. The van der Waals surface area contributed by atoms with E-state index in [1.54, 1.807) is 12.1 Å². The van der Waals surface area contributed by atoms with Gasteiger partial charge in [-0.2, -0.15) is 17.9 Å². The summed E-state index contributed by atoms with van der Waals surface area (Å²) in [7, 11) is 0. The van der Waals surface area contributed by atoms with Crippen LogP contribution in [0.1, 0.15) is 18.4 Å². The number of thiol groups is 1. The van der Waals surface area contributed by atoms with E-state index in [1.165, 1.54) is 12.1 Å². The molecule has 2 nitrogen and oxygen atoms in total. The second-order valence-electron chi connectivity index (χ2n) is 4.20. The summed E-state index contributed by atoms with van der Waals surface area (Å²) < 4.78 is 18.8. The third-order valence-electron chi connectivity index (χ3n) is 2.90. The van der Waals surface area contributed by atoms with Crippen molar-refractivity contribution in [3.63, 3.8) is 0 Å². The Morgan fingerprint density at radius 3 is 2.75 bits per heavy atom. The second kappa shape index (κ2) is 4.34. The number of hydrogen-bond donors (Lipinski definition) is 1. The monoisotopic (exact) mass is 237 g/mol. The highest BCUT2D eigenvalue weighted by atomic mass is 32.1. The lowest BCUT2D eigenvalue weighted by atomic mass is 10.1. The SMILES string of the molecule is N#Cc1ccc(OCC2(CS)CC2)cc1F. The standard InChI is InChI=1S/C12H12FNOS/c13-11-5-10(2-1-9(11)6-14)15-7-12(8-16)3-4-12/h1-2,5,16H,3-4,7-8H2. The van der Waals surface area contributed by atoms with Gasteiger partial charge in [-0.25, -0.2) is 4.39 Å². The maximum Gasteiger partial charge on any atom is 0.144 e. The van der Waals surface area contributed by atoms with Crippen LogP contribution >= 0.6 is 12.6 Å². The van der Waals surface area contributed by atoms with E-state index in [-0.39, 0.29) is 11.0 Å². The summed E-state index contributed by atoms with van der Waals surface area (Å²) in [4.78, 5) is 0. The van der Waals surface area contributed by atoms with Gasteiger partial charge < -0.3 is 4.74 Å². The predicted octanol–water partition coefficient (Wildman–Crippen LogP) is 2.79. The number of rotatable bonds is 4. The van der Waals surface area contributed by atoms with Crippen molar-refractivity contribution in [2.45, 2.75) is 12.8 Å². The lowest BCUT2D eigenvalue weighted by Gasteiger charge is -2.13. The zero-order chi connectivity index (χ0) is 11.6. The fourth-order valence-electron chi connectivity index (χ4n) is 1.44. The summed E-state index contributed by atoms with van der Waals surface area (Å²) >= 11 is 4.26. The van der Waals surface area contributed by atoms with Crippen molar-refractivity contribution in [3.8, 4) is 11.8 Å². The molecule has 1 aromatic carbocycles. The Hall–Kier alpha value is -1.21. The van der Waals surface area contributed by atoms with Gasteiger partial charge in [-0.1, -0.05) is 0 Å². The highest BCUT2D eigenvalue weighted by Gasteiger charge is 2.42. The molecule has 0 heterocycles. The van der Waals surface area contributed by atoms with Gasteiger partial charge in [0.1, 0.15) is 17.6 Å². The quantitative estimate of drug-likeness (QED) is 0.817. The molecule has 0 saturated heterocycles. The Morgan fingerprint density at radius 1 is 1.50 bits per heavy atom. The third kappa shape index (κ3) is 2.30. The lowest BCUT2D eigenvalue weighted by Crippen LogP contribution is -2.14. The van der Waals surface area contributed by atoms with Crippen LogP contribution in [0.5, 0.6) is 5.75 Å². The van der Waals surface area contributed by atoms with E-state index in [9.17, 15) is 4.39 Å². The average Bonchev–Trinajstić information content (AvgIpc) is 3.07. The van der Waals surface area contributed by atoms with E-state index in [4.69, 9.17) is 10.00 Å². The molecule has 16 heavy (non-hydrogen) atoms. The molecule has 2 rings (SSSR count). The molecule has 0 atom stereocenters. The summed E-state index contributed by atoms with van der Waals surface area (Å²) in [6.07, 6.45) is 2.24. The largest absolute Gasteiger partial charge is 0.493 e. The van der Waals surface area contributed by atoms with E-state index >= 15 is 0 Å². The molecule has 1 aromatic rings. The number of nitrogens with zero attached hydrogens (tertiary/aromatic N) is 1. The summed E-state index contributed by atoms with van der Waals surface area (Å²) in [6.45, 7) is 0.571. The smallest absolute Gasteiger partial charge is 0.144 e. The zero-order valence-corrected chi connectivity index (χ0v) is 9.64. The Bertz CT molecular complexity index is 437. The minimum Gasteiger partial charge on any atom is -0.493 e. The highest BCUT2D eigenvalue weighted by molar-refractivity contribution is 7.80. The minimum absolute atomic E-state index is 0.0441. The van der Waals surface area contributed by atoms with Crippen molar-refractivity contribution in [1.29, 1.82) is 5.26 Å². The third-order valence-corrected chi connectivity index (χ3v) is 3.57. The number of benzene rings is 1. The average molecular weight is 237 g/mol. The molecule has 84 valence electrons. The topological polar surface area (TPSA) is 33.0 Å². The molecular weight excluding hydrogens is 225 g/mol. The highest BCUT2D eigenvalue weighted by Crippen LogP contribution is 2.46. The van der Waals surface area contributed by atoms with Crippen LogP contribution in [0.4, 0.5) is 4.39 Å². The summed E-state index contributed by atoms with van der Waals surface area (Å²) in [5.74, 6) is 0.742. The number of hydrogen-bond acceptors (Lipinski definition) is 3. The van der Waals surface area contributed by atoms with Crippen molar-refractivity contribution in [3.05, 3.63) is 29.6 Å². The van der Waals surface area contributed by atoms with E-state index in [2.05, 4.69) is 12.6 Å². The van der Waals surface area contributed by atoms with Crippen molar-refractivity contribution < 1.29 is 9.13 Å². The van der Waals surface area contributed by atoms with Gasteiger partial charge in [0, 0.05) is 11.5 Å². The normalized spacial score (nSPS) is 16.6. The summed E-state index contributed by atoms with van der Waals surface area (Å²) in [5, 5.41) is 8.58. The van der Waals surface area contributed by atoms with Gasteiger partial charge in [0.15, 0.2) is 0 Å². The van der Waals surface area contributed by atoms with E-state index in [0.29, 0.717) is 12.4 Å². The number of nitriles is 1. The van der Waals surface area contributed by atoms with Crippen molar-refractivity contribution in [2.24, 2.45) is 5.41 Å². The second-order valence-corrected chi connectivity index (χ2v) is 4.52. The Kier molecular flexibility index (Phi) is 3.06. The molecule has 0 bridgehead atoms. The Morgan fingerprint density at radius 2 is 2.25 bits per heavy atom. The van der Waals surface area contributed by atoms with Crippen molar-refractivity contribution in [2.75, 3.05) is 12.4 Å².